The first-order chi connectivity index (χ1) is 10.4. The molecule has 0 spiro atoms. The molecule has 0 unspecified atom stereocenters. The van der Waals surface area contributed by atoms with Crippen molar-refractivity contribution in [3.63, 3.8) is 0 Å². The quantitative estimate of drug-likeness (QED) is 0.227. The van der Waals surface area contributed by atoms with Crippen molar-refractivity contribution in [1.82, 2.24) is 0 Å². The summed E-state index contributed by atoms with van der Waals surface area (Å²) in [5.41, 5.74) is 0. The van der Waals surface area contributed by atoms with Gasteiger partial charge in [0.05, 0.1) is 0 Å². The van der Waals surface area contributed by atoms with Crippen LogP contribution in [0, 0.1) is 0 Å². The number of hydrogen-bond donors (Lipinski definition) is 0. The zero-order valence-electron chi connectivity index (χ0n) is 18.0. The Morgan fingerprint density at radius 3 is 0.296 bits per heavy atom. The number of hydrogen-bond acceptors (Lipinski definition) is 6. The van der Waals surface area contributed by atoms with Crippen LogP contribution in [0.4, 0.5) is 0 Å². The molecule has 1 radical (unpaired) electrons. The van der Waals surface area contributed by atoms with Crippen LogP contribution in [0.3, 0.4) is 0 Å². The topological polar surface area (TPSA) is 102 Å². The van der Waals surface area contributed by atoms with Gasteiger partial charge in [-0.25, -0.2) is 0 Å². The second-order valence-electron chi connectivity index (χ2n) is 4.45. The first kappa shape index (κ1) is 57.2. The third-order valence-corrected chi connectivity index (χ3v) is 0. The molecule has 0 aromatic rings. The number of rotatable bonds is 0. The first-order valence-corrected chi connectivity index (χ1v) is 17.7. The Morgan fingerprint density at radius 1 is 0.296 bits per heavy atom. The van der Waals surface area contributed by atoms with Crippen LogP contribution in [0.1, 0.15) is 0 Å². The minimum atomic E-state index is -0.611. The van der Waals surface area contributed by atoms with Gasteiger partial charge < -0.3 is 48.0 Å². The van der Waals surface area contributed by atoms with Crippen molar-refractivity contribution in [2.24, 2.45) is 0 Å². The fraction of sp³-hybridized carbons (Fsp3) is 1.00. The summed E-state index contributed by atoms with van der Waals surface area (Å²) in [7, 11) is -3.67. The summed E-state index contributed by atoms with van der Waals surface area (Å²) in [5, 5.41) is 0. The van der Waals surface area contributed by atoms with Crippen LogP contribution in [-0.2, 0) is 81.6 Å². The van der Waals surface area contributed by atoms with Crippen LogP contribution < -0.4 is 48.0 Å². The van der Waals surface area contributed by atoms with Crippen molar-refractivity contribution in [3.8, 4) is 0 Å². The van der Waals surface area contributed by atoms with Crippen LogP contribution in [0.15, 0.2) is 0 Å². The molecule has 0 aliphatic rings. The summed E-state index contributed by atoms with van der Waals surface area (Å²) in [6.45, 7) is 0. The van der Waals surface area contributed by atoms with Gasteiger partial charge in [0.2, 0.25) is 0 Å². The molecular weight excluding hydrogens is 745 g/mol. The molecule has 0 atom stereocenters. The fourth-order valence-electron chi connectivity index (χ4n) is 0. The van der Waals surface area contributed by atoms with Gasteiger partial charge in [-0.2, -0.15) is 0 Å². The van der Waals surface area contributed by atoms with Gasteiger partial charge >= 0.3 is 16.8 Å². The van der Waals surface area contributed by atoms with Crippen LogP contribution >= 0.6 is 0 Å². The van der Waals surface area contributed by atoms with Crippen LogP contribution in [0.25, 0.3) is 0 Å². The zero-order chi connectivity index (χ0) is 21.5. The van der Waals surface area contributed by atoms with E-state index < -0.39 is 64.8 Å². The molecule has 0 fully saturated rings. The van der Waals surface area contributed by atoms with Gasteiger partial charge in [0.1, 0.15) is 0 Å². The van der Waals surface area contributed by atoms with E-state index in [2.05, 4.69) is 0 Å². The largest absolute Gasteiger partial charge is 2.00 e. The van der Waals surface area contributed by atoms with Crippen molar-refractivity contribution in [2.75, 3.05) is 75.1 Å². The van der Waals surface area contributed by atoms with E-state index in [9.17, 15) is 25.3 Å². The fourth-order valence-corrected chi connectivity index (χ4v) is 0. The molecule has 0 saturated carbocycles. The minimum Gasteiger partial charge on any atom is -1.00 e. The molecule has 179 valence electrons. The Morgan fingerprint density at radius 2 is 0.296 bits per heavy atom. The van der Waals surface area contributed by atoms with E-state index in [0.717, 1.165) is 0 Å². The smallest absolute Gasteiger partial charge is 1.00 e. The van der Waals surface area contributed by atoms with Gasteiger partial charge in [-0.15, -0.1) is 0 Å². The van der Waals surface area contributed by atoms with Gasteiger partial charge in [0, 0.05) is 140 Å². The Labute approximate surface area is 227 Å². The van der Waals surface area contributed by atoms with Gasteiger partial charge in [0.25, 0.3) is 0 Å². The average Bonchev–Trinajstić information content (AvgIpc) is 2.08. The molecule has 0 aromatic heterocycles. The molecule has 0 aliphatic carbocycles. The second kappa shape index (κ2) is 51.5. The van der Waals surface area contributed by atoms with Gasteiger partial charge in [-0.05, 0) is 0 Å². The molecule has 0 N–H and O–H groups in total. The molecule has 0 aromatic carbocycles. The van der Waals surface area contributed by atoms with Crippen molar-refractivity contribution < 1.29 is 90.0 Å². The van der Waals surface area contributed by atoms with E-state index >= 15 is 0 Å². The van der Waals surface area contributed by atoms with E-state index in [1.807, 2.05) is 0 Å². The molecule has 0 saturated heterocycles. The molecule has 0 rings (SSSR count). The summed E-state index contributed by atoms with van der Waals surface area (Å²) in [6, 6.07) is 0. The van der Waals surface area contributed by atoms with E-state index in [0.29, 0.717) is 0 Å². The molecule has 0 bridgehead atoms. The van der Waals surface area contributed by atoms with E-state index in [1.165, 1.54) is 0 Å². The second-order valence-corrected chi connectivity index (χ2v) is 13.3. The predicted molar refractivity (Wildman–Crippen MR) is 120 cm³/mol. The summed E-state index contributed by atoms with van der Waals surface area (Å²) in [4.78, 5) is 0. The van der Waals surface area contributed by atoms with Crippen LogP contribution in [-0.4, -0.2) is 100 Å². The van der Waals surface area contributed by atoms with Gasteiger partial charge in [0.15, 0.2) is 0 Å². The predicted octanol–water partition coefficient (Wildman–Crippen LogP) is -6.03. The Hall–Kier alpha value is 2.87. The van der Waals surface area contributed by atoms with Crippen molar-refractivity contribution >= 4 is 64.8 Å². The minimum absolute atomic E-state index is 0. The third-order valence-electron chi connectivity index (χ3n) is 0. The standard InChI is InChI=1S/6C2H6OS.Co.2HI/c6*1-4(2)3;;;/h6*1-2H3;;2*1H/q;;;;;;+2;;/p-2. The molecule has 0 amide bonds. The van der Waals surface area contributed by atoms with Gasteiger partial charge in [-0.3, -0.25) is 25.3 Å². The van der Waals surface area contributed by atoms with Gasteiger partial charge in [-0.1, -0.05) is 0 Å². The van der Waals surface area contributed by atoms with E-state index in [4.69, 9.17) is 0 Å². The summed E-state index contributed by atoms with van der Waals surface area (Å²) in [6.07, 6.45) is 19.7. The maximum Gasteiger partial charge on any atom is 2.00 e. The van der Waals surface area contributed by atoms with E-state index in [-0.39, 0.29) is 64.7 Å². The summed E-state index contributed by atoms with van der Waals surface area (Å²) < 4.78 is 57.3. The molecule has 6 nitrogen and oxygen atoms in total. The monoisotopic (exact) mass is 781 g/mol. The molecule has 27 heavy (non-hydrogen) atoms. The normalized spacial score (nSPS) is 7.78. The number of halogens is 2. The molecular formula is C12H36CoI2O6S6. The first-order valence-electron chi connectivity index (χ1n) is 5.90. The SMILES string of the molecule is CS(C)=O.CS(C)=O.CS(C)=O.CS(C)=O.CS(C)=O.CS(C)=O.[Co+2].[I-].[I-]. The van der Waals surface area contributed by atoms with E-state index in [1.54, 1.807) is 75.1 Å². The van der Waals surface area contributed by atoms with Crippen LogP contribution in [0.5, 0.6) is 0 Å². The zero-order valence-corrected chi connectivity index (χ0v) is 28.2. The van der Waals surface area contributed by atoms with Crippen molar-refractivity contribution in [2.45, 2.75) is 0 Å². The molecule has 0 heterocycles. The molecule has 15 heteroatoms. The maximum absolute atomic E-state index is 9.56. The van der Waals surface area contributed by atoms with Crippen LogP contribution in [0.2, 0.25) is 0 Å². The average molecular weight is 782 g/mol. The van der Waals surface area contributed by atoms with Crippen molar-refractivity contribution in [3.05, 3.63) is 0 Å². The summed E-state index contributed by atoms with van der Waals surface area (Å²) >= 11 is 0. The Kier molecular flexibility index (Phi) is 109. The molecule has 0 aliphatic heterocycles. The third kappa shape index (κ3) is 2540. The van der Waals surface area contributed by atoms with Crippen molar-refractivity contribution in [1.29, 1.82) is 0 Å². The maximum atomic E-state index is 9.56. The Bertz CT molecular complexity index is 284. The Balaban J connectivity index is -0.0000000201. The summed E-state index contributed by atoms with van der Waals surface area (Å²) in [5.74, 6) is 0.